The summed E-state index contributed by atoms with van der Waals surface area (Å²) in [5.41, 5.74) is 8.91. The van der Waals surface area contributed by atoms with Crippen molar-refractivity contribution in [1.29, 1.82) is 5.26 Å². The zero-order chi connectivity index (χ0) is 16.7. The van der Waals surface area contributed by atoms with Gasteiger partial charge in [0.05, 0.1) is 29.7 Å². The predicted octanol–water partition coefficient (Wildman–Crippen LogP) is 3.03. The Morgan fingerprint density at radius 3 is 2.71 bits per heavy atom. The third-order valence-corrected chi connectivity index (χ3v) is 3.95. The summed E-state index contributed by atoms with van der Waals surface area (Å²) in [5.74, 6) is -0.515. The van der Waals surface area contributed by atoms with Crippen LogP contribution < -0.4 is 10.5 Å². The summed E-state index contributed by atoms with van der Waals surface area (Å²) in [6.07, 6.45) is 3.07. The number of nitriles is 1. The summed E-state index contributed by atoms with van der Waals surface area (Å²) in [6.45, 7) is 0. The van der Waals surface area contributed by atoms with Crippen LogP contribution in [0.4, 0.5) is 4.39 Å². The number of halogens is 1. The normalized spacial score (nSPS) is 16.4. The van der Waals surface area contributed by atoms with Gasteiger partial charge in [-0.3, -0.25) is 5.10 Å². The van der Waals surface area contributed by atoms with Crippen molar-refractivity contribution in [2.45, 2.75) is 5.92 Å². The highest BCUT2D eigenvalue weighted by Gasteiger charge is 2.36. The van der Waals surface area contributed by atoms with E-state index in [2.05, 4.69) is 16.3 Å². The molecule has 0 saturated carbocycles. The van der Waals surface area contributed by atoms with Gasteiger partial charge in [-0.2, -0.15) is 5.26 Å². The number of nitrogens with one attached hydrogen (secondary N) is 1. The van der Waals surface area contributed by atoms with Gasteiger partial charge in [0.2, 0.25) is 11.8 Å². The number of furan rings is 1. The molecule has 7 heteroatoms. The summed E-state index contributed by atoms with van der Waals surface area (Å²) in [7, 11) is 0. The smallest absolute Gasteiger partial charge is 0.244 e. The molecule has 2 aromatic heterocycles. The van der Waals surface area contributed by atoms with E-state index in [1.165, 1.54) is 18.4 Å². The highest BCUT2D eigenvalue weighted by atomic mass is 19.1. The minimum atomic E-state index is -0.476. The molecule has 0 radical (unpaired) electrons. The number of fused-ring (bicyclic) bond motifs is 1. The van der Waals surface area contributed by atoms with Gasteiger partial charge in [0.1, 0.15) is 17.5 Å². The number of nitrogens with two attached hydrogens (primary N) is 1. The van der Waals surface area contributed by atoms with Gasteiger partial charge in [-0.25, -0.2) is 4.39 Å². The lowest BCUT2D eigenvalue weighted by Gasteiger charge is -2.22. The average Bonchev–Trinajstić information content (AvgIpc) is 3.24. The first-order valence-corrected chi connectivity index (χ1v) is 7.13. The first kappa shape index (κ1) is 14.1. The molecule has 1 aliphatic rings. The van der Waals surface area contributed by atoms with Crippen molar-refractivity contribution < 1.29 is 13.5 Å². The monoisotopic (exact) mass is 322 g/mol. The number of rotatable bonds is 2. The Labute approximate surface area is 136 Å². The number of aromatic nitrogens is 2. The summed E-state index contributed by atoms with van der Waals surface area (Å²) >= 11 is 0. The minimum absolute atomic E-state index is 0.00774. The number of ether oxygens (including phenoxy) is 1. The van der Waals surface area contributed by atoms with Crippen molar-refractivity contribution in [1.82, 2.24) is 10.2 Å². The topological polar surface area (TPSA) is 101 Å². The molecule has 3 heterocycles. The molecule has 0 amide bonds. The Bertz CT molecular complexity index is 965. The molecule has 1 atom stereocenters. The molecule has 1 aromatic carbocycles. The summed E-state index contributed by atoms with van der Waals surface area (Å²) < 4.78 is 23.8. The molecular formula is C17H11FN4O2. The number of benzene rings is 1. The van der Waals surface area contributed by atoms with Gasteiger partial charge in [-0.15, -0.1) is 5.10 Å². The Hall–Kier alpha value is -3.53. The molecular weight excluding hydrogens is 311 g/mol. The van der Waals surface area contributed by atoms with Crippen LogP contribution in [0.3, 0.4) is 0 Å². The van der Waals surface area contributed by atoms with E-state index < -0.39 is 5.92 Å². The van der Waals surface area contributed by atoms with Crippen molar-refractivity contribution in [2.75, 3.05) is 0 Å². The minimum Gasteiger partial charge on any atom is -0.472 e. The van der Waals surface area contributed by atoms with Crippen molar-refractivity contribution >= 4 is 0 Å². The van der Waals surface area contributed by atoms with Crippen molar-refractivity contribution in [3.05, 3.63) is 71.3 Å². The number of nitrogens with zero attached hydrogens (tertiary/aromatic N) is 2. The number of aromatic amines is 1. The molecule has 0 saturated heterocycles. The lowest BCUT2D eigenvalue weighted by atomic mass is 9.84. The van der Waals surface area contributed by atoms with Crippen LogP contribution in [-0.2, 0) is 0 Å². The van der Waals surface area contributed by atoms with E-state index >= 15 is 0 Å². The number of allylic oxidation sites excluding steroid dienone is 1. The van der Waals surface area contributed by atoms with Crippen LogP contribution in [0, 0.1) is 17.1 Å². The van der Waals surface area contributed by atoms with Crippen LogP contribution in [0.5, 0.6) is 5.88 Å². The van der Waals surface area contributed by atoms with E-state index in [1.54, 1.807) is 24.5 Å². The second kappa shape index (κ2) is 5.28. The molecule has 4 rings (SSSR count). The molecule has 0 unspecified atom stereocenters. The maximum Gasteiger partial charge on any atom is 0.244 e. The second-order valence-electron chi connectivity index (χ2n) is 5.31. The quantitative estimate of drug-likeness (QED) is 0.755. The van der Waals surface area contributed by atoms with Gasteiger partial charge >= 0.3 is 0 Å². The zero-order valence-electron chi connectivity index (χ0n) is 12.3. The molecule has 24 heavy (non-hydrogen) atoms. The van der Waals surface area contributed by atoms with Crippen molar-refractivity contribution in [2.24, 2.45) is 5.73 Å². The first-order valence-electron chi connectivity index (χ1n) is 7.13. The van der Waals surface area contributed by atoms with Crippen LogP contribution in [0.2, 0.25) is 0 Å². The van der Waals surface area contributed by atoms with Crippen LogP contribution in [0.1, 0.15) is 17.0 Å². The van der Waals surface area contributed by atoms with Crippen LogP contribution in [0.15, 0.2) is 58.7 Å². The lowest BCUT2D eigenvalue weighted by Crippen LogP contribution is -2.20. The van der Waals surface area contributed by atoms with E-state index in [9.17, 15) is 9.65 Å². The molecule has 1 aliphatic heterocycles. The van der Waals surface area contributed by atoms with E-state index in [0.29, 0.717) is 11.3 Å². The molecule has 0 aliphatic carbocycles. The molecule has 6 nitrogen and oxygen atoms in total. The van der Waals surface area contributed by atoms with E-state index in [-0.39, 0.29) is 23.2 Å². The third kappa shape index (κ3) is 2.05. The second-order valence-corrected chi connectivity index (χ2v) is 5.31. The molecule has 0 bridgehead atoms. The van der Waals surface area contributed by atoms with Gasteiger partial charge in [0.15, 0.2) is 0 Å². The summed E-state index contributed by atoms with van der Waals surface area (Å²) in [6, 6.07) is 9.82. The standard InChI is InChI=1S/C17H11FN4O2/c18-11-3-1-9(2-4-11)15-14-13(10-5-6-23-8-10)12(7-19)16(20)24-17(14)22-21-15/h1-6,8,13H,20H2,(H,21,22)/t13-/m1/s1. The summed E-state index contributed by atoms with van der Waals surface area (Å²) in [5, 5.41) is 16.5. The number of hydrogen-bond donors (Lipinski definition) is 2. The van der Waals surface area contributed by atoms with Gasteiger partial charge in [0.25, 0.3) is 0 Å². The van der Waals surface area contributed by atoms with Crippen LogP contribution >= 0.6 is 0 Å². The fraction of sp³-hybridized carbons (Fsp3) is 0.0588. The fourth-order valence-electron chi connectivity index (χ4n) is 2.85. The highest BCUT2D eigenvalue weighted by Crippen LogP contribution is 2.45. The van der Waals surface area contributed by atoms with Crippen LogP contribution in [0.25, 0.3) is 11.3 Å². The van der Waals surface area contributed by atoms with Crippen molar-refractivity contribution in [3.8, 4) is 23.2 Å². The SMILES string of the molecule is N#CC1=C(N)Oc2n[nH]c(-c3ccc(F)cc3)c2[C@@H]1c1ccoc1. The Morgan fingerprint density at radius 2 is 2.04 bits per heavy atom. The summed E-state index contributed by atoms with van der Waals surface area (Å²) in [4.78, 5) is 0. The van der Waals surface area contributed by atoms with E-state index in [4.69, 9.17) is 14.9 Å². The largest absolute Gasteiger partial charge is 0.472 e. The van der Waals surface area contributed by atoms with Gasteiger partial charge < -0.3 is 14.9 Å². The Morgan fingerprint density at radius 1 is 1.25 bits per heavy atom. The maximum atomic E-state index is 13.2. The number of H-pyrrole nitrogens is 1. The van der Waals surface area contributed by atoms with E-state index in [1.807, 2.05) is 0 Å². The third-order valence-electron chi connectivity index (χ3n) is 3.95. The Balaban J connectivity index is 1.94. The molecule has 3 N–H and O–H groups in total. The van der Waals surface area contributed by atoms with Gasteiger partial charge in [-0.1, -0.05) is 0 Å². The fourth-order valence-corrected chi connectivity index (χ4v) is 2.85. The maximum absolute atomic E-state index is 13.2. The van der Waals surface area contributed by atoms with Crippen molar-refractivity contribution in [3.63, 3.8) is 0 Å². The highest BCUT2D eigenvalue weighted by molar-refractivity contribution is 5.70. The van der Waals surface area contributed by atoms with Crippen LogP contribution in [-0.4, -0.2) is 10.2 Å². The van der Waals surface area contributed by atoms with Gasteiger partial charge in [0, 0.05) is 11.1 Å². The lowest BCUT2D eigenvalue weighted by molar-refractivity contribution is 0.378. The predicted molar refractivity (Wildman–Crippen MR) is 82.0 cm³/mol. The Kier molecular flexibility index (Phi) is 3.10. The molecule has 3 aromatic rings. The van der Waals surface area contributed by atoms with E-state index in [0.717, 1.165) is 11.1 Å². The zero-order valence-corrected chi connectivity index (χ0v) is 12.3. The first-order chi connectivity index (χ1) is 11.7. The molecule has 0 spiro atoms. The molecule has 0 fully saturated rings. The number of hydrogen-bond acceptors (Lipinski definition) is 5. The average molecular weight is 322 g/mol. The molecule has 118 valence electrons. The van der Waals surface area contributed by atoms with Gasteiger partial charge in [-0.05, 0) is 30.3 Å².